The number of aromatic hydroxyl groups is 1. The maximum atomic E-state index is 12.2. The van der Waals surface area contributed by atoms with Crippen molar-refractivity contribution in [2.24, 2.45) is 0 Å². The predicted octanol–water partition coefficient (Wildman–Crippen LogP) is 3.87. The minimum atomic E-state index is -0.655. The number of hydrogen-bond donors (Lipinski definition) is 1. The third kappa shape index (κ3) is 3.50. The third-order valence-electron chi connectivity index (χ3n) is 3.97. The van der Waals surface area contributed by atoms with Crippen LogP contribution in [0.15, 0.2) is 35.9 Å². The van der Waals surface area contributed by atoms with Crippen LogP contribution in [0, 0.1) is 0 Å². The first-order chi connectivity index (χ1) is 11.2. The highest BCUT2D eigenvalue weighted by Crippen LogP contribution is 2.44. The fourth-order valence-corrected chi connectivity index (χ4v) is 2.58. The van der Waals surface area contributed by atoms with Crippen molar-refractivity contribution in [3.05, 3.63) is 47.1 Å². The van der Waals surface area contributed by atoms with Crippen LogP contribution in [0.2, 0.25) is 0 Å². The van der Waals surface area contributed by atoms with E-state index in [2.05, 4.69) is 6.58 Å². The zero-order valence-corrected chi connectivity index (χ0v) is 14.4. The molecule has 5 nitrogen and oxygen atoms in total. The van der Waals surface area contributed by atoms with Crippen molar-refractivity contribution < 1.29 is 24.2 Å². The molecule has 1 heterocycles. The molecule has 1 aromatic rings. The molecule has 2 rings (SSSR count). The zero-order valence-electron chi connectivity index (χ0n) is 14.4. The number of Topliss-reactive ketones (excluding diaryl/α,β-unsaturated/α-hetero) is 1. The molecule has 0 radical (unpaired) electrons. The maximum Gasteiger partial charge on any atom is 0.334 e. The number of fused-ring (bicyclic) bond motifs is 1. The molecule has 128 valence electrons. The number of allylic oxidation sites excluding steroid dienone is 1. The van der Waals surface area contributed by atoms with Crippen LogP contribution in [0.3, 0.4) is 0 Å². The molecule has 0 saturated heterocycles. The number of benzene rings is 1. The van der Waals surface area contributed by atoms with Gasteiger partial charge in [0.05, 0.1) is 5.56 Å². The molecule has 0 bridgehead atoms. The van der Waals surface area contributed by atoms with Crippen LogP contribution >= 0.6 is 0 Å². The van der Waals surface area contributed by atoms with Gasteiger partial charge in [-0.2, -0.15) is 0 Å². The van der Waals surface area contributed by atoms with E-state index in [1.54, 1.807) is 19.9 Å². The summed E-state index contributed by atoms with van der Waals surface area (Å²) in [5.41, 5.74) is 2.13. The second kappa shape index (κ2) is 6.91. The molecule has 2 unspecified atom stereocenters. The second-order valence-corrected chi connectivity index (χ2v) is 6.08. The lowest BCUT2D eigenvalue weighted by atomic mass is 9.98. The van der Waals surface area contributed by atoms with Crippen molar-refractivity contribution in [2.45, 2.75) is 46.3 Å². The average molecular weight is 330 g/mol. The monoisotopic (exact) mass is 330 g/mol. The number of rotatable bonds is 5. The average Bonchev–Trinajstić information content (AvgIpc) is 2.81. The Morgan fingerprint density at radius 2 is 2.00 bits per heavy atom. The summed E-state index contributed by atoms with van der Waals surface area (Å²) < 4.78 is 11.4. The molecule has 0 amide bonds. The molecule has 2 atom stereocenters. The highest BCUT2D eigenvalue weighted by molar-refractivity contribution is 5.97. The summed E-state index contributed by atoms with van der Waals surface area (Å²) in [6, 6.07) is 2.93. The Morgan fingerprint density at radius 1 is 1.33 bits per heavy atom. The molecule has 5 heteroatoms. The quantitative estimate of drug-likeness (QED) is 0.384. The van der Waals surface area contributed by atoms with Gasteiger partial charge in [-0.15, -0.1) is 0 Å². The molecular weight excluding hydrogens is 308 g/mol. The van der Waals surface area contributed by atoms with Crippen LogP contribution in [0.4, 0.5) is 0 Å². The Bertz CT molecular complexity index is 730. The van der Waals surface area contributed by atoms with E-state index in [0.717, 1.165) is 5.57 Å². The molecule has 1 N–H and O–H groups in total. The summed E-state index contributed by atoms with van der Waals surface area (Å²) >= 11 is 0. The van der Waals surface area contributed by atoms with Crippen molar-refractivity contribution in [1.82, 2.24) is 0 Å². The van der Waals surface area contributed by atoms with Gasteiger partial charge in [-0.3, -0.25) is 4.79 Å². The van der Waals surface area contributed by atoms with Gasteiger partial charge in [-0.1, -0.05) is 18.2 Å². The van der Waals surface area contributed by atoms with Gasteiger partial charge in [-0.25, -0.2) is 4.79 Å². The summed E-state index contributed by atoms with van der Waals surface area (Å²) in [6.07, 6.45) is 1.08. The first kappa shape index (κ1) is 17.8. The molecular formula is C19H22O5. The Balaban J connectivity index is 2.44. The summed E-state index contributed by atoms with van der Waals surface area (Å²) in [6.45, 7) is 10.5. The van der Waals surface area contributed by atoms with Crippen LogP contribution in [-0.2, 0) is 9.53 Å². The predicted molar refractivity (Wildman–Crippen MR) is 90.2 cm³/mol. The van der Waals surface area contributed by atoms with Crippen LogP contribution in [0.5, 0.6) is 11.5 Å². The fraction of sp³-hybridized carbons (Fsp3) is 0.368. The Labute approximate surface area is 141 Å². The number of esters is 1. The number of hydrogen-bond acceptors (Lipinski definition) is 5. The van der Waals surface area contributed by atoms with E-state index in [-0.39, 0.29) is 17.1 Å². The van der Waals surface area contributed by atoms with Crippen molar-refractivity contribution in [3.8, 4) is 11.5 Å². The molecule has 1 aliphatic rings. The van der Waals surface area contributed by atoms with E-state index in [1.807, 2.05) is 6.92 Å². The van der Waals surface area contributed by atoms with Crippen LogP contribution < -0.4 is 4.74 Å². The summed E-state index contributed by atoms with van der Waals surface area (Å²) in [5, 5.41) is 9.97. The number of carbonyl (C=O) groups is 2. The van der Waals surface area contributed by atoms with Gasteiger partial charge in [0.25, 0.3) is 0 Å². The van der Waals surface area contributed by atoms with Gasteiger partial charge in [0, 0.05) is 23.6 Å². The number of ether oxygens (including phenoxy) is 2. The number of phenols is 1. The van der Waals surface area contributed by atoms with Crippen molar-refractivity contribution in [1.29, 1.82) is 0 Å². The van der Waals surface area contributed by atoms with Crippen LogP contribution in [-0.4, -0.2) is 23.0 Å². The largest absolute Gasteiger partial charge is 0.507 e. The lowest BCUT2D eigenvalue weighted by Gasteiger charge is -2.20. The van der Waals surface area contributed by atoms with Gasteiger partial charge >= 0.3 is 5.97 Å². The molecule has 1 aromatic carbocycles. The summed E-state index contributed by atoms with van der Waals surface area (Å²) in [4.78, 5) is 23.8. The normalized spacial score (nSPS) is 19.4. The highest BCUT2D eigenvalue weighted by atomic mass is 16.6. The zero-order chi connectivity index (χ0) is 18.0. The van der Waals surface area contributed by atoms with E-state index < -0.39 is 18.2 Å². The van der Waals surface area contributed by atoms with Crippen molar-refractivity contribution >= 4 is 11.8 Å². The first-order valence-electron chi connectivity index (χ1n) is 7.77. The minimum absolute atomic E-state index is 0.146. The van der Waals surface area contributed by atoms with E-state index in [0.29, 0.717) is 23.3 Å². The topological polar surface area (TPSA) is 72.8 Å². The summed E-state index contributed by atoms with van der Waals surface area (Å²) in [5.74, 6) is -0.442. The smallest absolute Gasteiger partial charge is 0.334 e. The molecule has 1 aliphatic heterocycles. The van der Waals surface area contributed by atoms with Crippen LogP contribution in [0.1, 0.15) is 56.1 Å². The van der Waals surface area contributed by atoms with Crippen LogP contribution in [0.25, 0.3) is 0 Å². The first-order valence-corrected chi connectivity index (χ1v) is 7.77. The van der Waals surface area contributed by atoms with Gasteiger partial charge in [0.15, 0.2) is 11.9 Å². The van der Waals surface area contributed by atoms with Gasteiger partial charge in [-0.05, 0) is 33.8 Å². The standard InChI is InChI=1S/C19H22O5/c1-6-11(4)19(22)24-18-14-8-13(12(5)20)15(21)9-16(14)23-17(18)7-10(2)3/h6,8-9,17-18,21H,2,7H2,1,3-5H3/b11-6+. The SMILES string of the molecule is C=C(C)CC1Oc2cc(O)c(C(C)=O)cc2C1OC(=O)/C(C)=C/C. The lowest BCUT2D eigenvalue weighted by molar-refractivity contribution is -0.147. The number of carbonyl (C=O) groups excluding carboxylic acids is 2. The molecule has 0 saturated carbocycles. The minimum Gasteiger partial charge on any atom is -0.507 e. The van der Waals surface area contributed by atoms with E-state index in [9.17, 15) is 14.7 Å². The number of phenolic OH excluding ortho intramolecular Hbond substituents is 1. The molecule has 0 spiro atoms. The third-order valence-corrected chi connectivity index (χ3v) is 3.97. The highest BCUT2D eigenvalue weighted by Gasteiger charge is 2.38. The van der Waals surface area contributed by atoms with E-state index in [4.69, 9.17) is 9.47 Å². The van der Waals surface area contributed by atoms with Crippen molar-refractivity contribution in [2.75, 3.05) is 0 Å². The van der Waals surface area contributed by atoms with Gasteiger partial charge < -0.3 is 14.6 Å². The Kier molecular flexibility index (Phi) is 5.12. The van der Waals surface area contributed by atoms with E-state index in [1.165, 1.54) is 19.1 Å². The lowest BCUT2D eigenvalue weighted by Crippen LogP contribution is -2.24. The fourth-order valence-electron chi connectivity index (χ4n) is 2.58. The maximum absolute atomic E-state index is 12.2. The second-order valence-electron chi connectivity index (χ2n) is 6.08. The van der Waals surface area contributed by atoms with Gasteiger partial charge in [0.1, 0.15) is 17.6 Å². The molecule has 0 aromatic heterocycles. The Hall–Kier alpha value is -2.56. The molecule has 24 heavy (non-hydrogen) atoms. The van der Waals surface area contributed by atoms with E-state index >= 15 is 0 Å². The van der Waals surface area contributed by atoms with Crippen molar-refractivity contribution in [3.63, 3.8) is 0 Å². The molecule has 0 aliphatic carbocycles. The van der Waals surface area contributed by atoms with Gasteiger partial charge in [0.2, 0.25) is 0 Å². The Morgan fingerprint density at radius 3 is 2.54 bits per heavy atom. The number of ketones is 1. The summed E-state index contributed by atoms with van der Waals surface area (Å²) in [7, 11) is 0. The molecule has 0 fully saturated rings.